The van der Waals surface area contributed by atoms with Crippen LogP contribution in [-0.4, -0.2) is 54.6 Å². The van der Waals surface area contributed by atoms with Crippen LogP contribution in [0.1, 0.15) is 18.0 Å². The SMILES string of the molecule is CN1CCN(C)C(CC(N)c2cccc3ccncc23)C1. The average molecular weight is 284 g/mol. The normalized spacial score (nSPS) is 22.5. The van der Waals surface area contributed by atoms with Gasteiger partial charge in [-0.3, -0.25) is 4.98 Å². The minimum absolute atomic E-state index is 0.0526. The van der Waals surface area contributed by atoms with Crippen molar-refractivity contribution < 1.29 is 0 Å². The molecule has 0 amide bonds. The van der Waals surface area contributed by atoms with Gasteiger partial charge in [-0.15, -0.1) is 0 Å². The number of aromatic nitrogens is 1. The van der Waals surface area contributed by atoms with Crippen LogP contribution in [0.5, 0.6) is 0 Å². The second-order valence-corrected chi connectivity index (χ2v) is 6.18. The van der Waals surface area contributed by atoms with Crippen molar-refractivity contribution >= 4 is 10.8 Å². The third-order valence-electron chi connectivity index (χ3n) is 4.62. The Hall–Kier alpha value is -1.49. The molecule has 1 aliphatic rings. The first-order valence-electron chi connectivity index (χ1n) is 7.62. The maximum atomic E-state index is 6.53. The van der Waals surface area contributed by atoms with E-state index in [0.717, 1.165) is 26.1 Å². The van der Waals surface area contributed by atoms with E-state index in [9.17, 15) is 0 Å². The lowest BCUT2D eigenvalue weighted by Crippen LogP contribution is -2.50. The van der Waals surface area contributed by atoms with Crippen molar-refractivity contribution in [1.82, 2.24) is 14.8 Å². The van der Waals surface area contributed by atoms with E-state index in [4.69, 9.17) is 5.73 Å². The first kappa shape index (κ1) is 14.4. The van der Waals surface area contributed by atoms with Gasteiger partial charge in [-0.1, -0.05) is 18.2 Å². The second-order valence-electron chi connectivity index (χ2n) is 6.18. The summed E-state index contributed by atoms with van der Waals surface area (Å²) < 4.78 is 0. The predicted molar refractivity (Wildman–Crippen MR) is 87.2 cm³/mol. The lowest BCUT2D eigenvalue weighted by molar-refractivity contribution is 0.104. The van der Waals surface area contributed by atoms with Gasteiger partial charge in [0, 0.05) is 49.5 Å². The molecule has 2 aromatic rings. The topological polar surface area (TPSA) is 45.4 Å². The van der Waals surface area contributed by atoms with Crippen LogP contribution >= 0.6 is 0 Å². The Kier molecular flexibility index (Phi) is 4.19. The third kappa shape index (κ3) is 3.07. The fourth-order valence-electron chi connectivity index (χ4n) is 3.24. The van der Waals surface area contributed by atoms with Gasteiger partial charge < -0.3 is 15.5 Å². The predicted octanol–water partition coefficient (Wildman–Crippen LogP) is 1.87. The Morgan fingerprint density at radius 1 is 1.29 bits per heavy atom. The summed E-state index contributed by atoms with van der Waals surface area (Å²) in [6.45, 7) is 3.35. The monoisotopic (exact) mass is 284 g/mol. The molecule has 4 nitrogen and oxygen atoms in total. The summed E-state index contributed by atoms with van der Waals surface area (Å²) in [7, 11) is 4.39. The smallest absolute Gasteiger partial charge is 0.0349 e. The number of hydrogen-bond donors (Lipinski definition) is 1. The Morgan fingerprint density at radius 3 is 3.00 bits per heavy atom. The van der Waals surface area contributed by atoms with Gasteiger partial charge in [-0.25, -0.2) is 0 Å². The van der Waals surface area contributed by atoms with E-state index in [2.05, 4.69) is 47.1 Å². The largest absolute Gasteiger partial charge is 0.324 e. The molecule has 1 saturated heterocycles. The minimum atomic E-state index is 0.0526. The molecule has 0 bridgehead atoms. The minimum Gasteiger partial charge on any atom is -0.324 e. The van der Waals surface area contributed by atoms with E-state index >= 15 is 0 Å². The number of nitrogens with zero attached hydrogens (tertiary/aromatic N) is 3. The molecule has 1 fully saturated rings. The Labute approximate surface area is 126 Å². The first-order valence-corrected chi connectivity index (χ1v) is 7.62. The van der Waals surface area contributed by atoms with E-state index in [1.807, 2.05) is 18.5 Å². The fraction of sp³-hybridized carbons (Fsp3) is 0.471. The van der Waals surface area contributed by atoms with Crippen molar-refractivity contribution in [3.63, 3.8) is 0 Å². The number of benzene rings is 1. The lowest BCUT2D eigenvalue weighted by Gasteiger charge is -2.39. The van der Waals surface area contributed by atoms with Crippen molar-refractivity contribution in [2.45, 2.75) is 18.5 Å². The van der Waals surface area contributed by atoms with E-state index in [0.29, 0.717) is 6.04 Å². The highest BCUT2D eigenvalue weighted by atomic mass is 15.3. The summed E-state index contributed by atoms with van der Waals surface area (Å²) in [4.78, 5) is 9.08. The van der Waals surface area contributed by atoms with Crippen molar-refractivity contribution in [2.75, 3.05) is 33.7 Å². The molecule has 3 rings (SSSR count). The van der Waals surface area contributed by atoms with Gasteiger partial charge in [-0.2, -0.15) is 0 Å². The number of hydrogen-bond acceptors (Lipinski definition) is 4. The summed E-state index contributed by atoms with van der Waals surface area (Å²) in [6.07, 6.45) is 4.75. The van der Waals surface area contributed by atoms with Crippen LogP contribution in [0.4, 0.5) is 0 Å². The number of likely N-dealkylation sites (N-methyl/N-ethyl adjacent to an activating group) is 2. The quantitative estimate of drug-likeness (QED) is 0.934. The summed E-state index contributed by atoms with van der Waals surface area (Å²) in [5.74, 6) is 0. The van der Waals surface area contributed by atoms with E-state index in [-0.39, 0.29) is 6.04 Å². The lowest BCUT2D eigenvalue weighted by atomic mass is 9.94. The zero-order chi connectivity index (χ0) is 14.8. The highest BCUT2D eigenvalue weighted by Gasteiger charge is 2.25. The molecule has 0 spiro atoms. The third-order valence-corrected chi connectivity index (χ3v) is 4.62. The summed E-state index contributed by atoms with van der Waals surface area (Å²) in [5, 5.41) is 2.39. The van der Waals surface area contributed by atoms with Gasteiger partial charge in [0.25, 0.3) is 0 Å². The standard InChI is InChI=1S/C17H24N4/c1-20-8-9-21(2)14(12-20)10-17(18)15-5-3-4-13-6-7-19-11-16(13)15/h3-7,11,14,17H,8-10,12,18H2,1-2H3. The average Bonchev–Trinajstić information content (AvgIpc) is 2.50. The highest BCUT2D eigenvalue weighted by Crippen LogP contribution is 2.26. The highest BCUT2D eigenvalue weighted by molar-refractivity contribution is 5.85. The zero-order valence-electron chi connectivity index (χ0n) is 12.9. The molecule has 0 radical (unpaired) electrons. The van der Waals surface area contributed by atoms with E-state index in [1.165, 1.54) is 16.3 Å². The maximum Gasteiger partial charge on any atom is 0.0349 e. The molecule has 2 atom stereocenters. The van der Waals surface area contributed by atoms with E-state index < -0.39 is 0 Å². The van der Waals surface area contributed by atoms with E-state index in [1.54, 1.807) is 0 Å². The van der Waals surface area contributed by atoms with Crippen molar-refractivity contribution in [3.05, 3.63) is 42.2 Å². The van der Waals surface area contributed by atoms with Crippen LogP contribution in [0, 0.1) is 0 Å². The van der Waals surface area contributed by atoms with Gasteiger partial charge in [0.15, 0.2) is 0 Å². The molecule has 112 valence electrons. The number of piperazine rings is 1. The molecular weight excluding hydrogens is 260 g/mol. The van der Waals surface area contributed by atoms with Gasteiger partial charge in [0.05, 0.1) is 0 Å². The Balaban J connectivity index is 1.82. The van der Waals surface area contributed by atoms with Gasteiger partial charge in [-0.05, 0) is 37.5 Å². The molecule has 2 N–H and O–H groups in total. The molecule has 2 unspecified atom stereocenters. The second kappa shape index (κ2) is 6.10. The van der Waals surface area contributed by atoms with Crippen molar-refractivity contribution in [2.24, 2.45) is 5.73 Å². The van der Waals surface area contributed by atoms with Crippen LogP contribution in [0.2, 0.25) is 0 Å². The van der Waals surface area contributed by atoms with Crippen LogP contribution in [0.15, 0.2) is 36.7 Å². The molecule has 0 aliphatic carbocycles. The van der Waals surface area contributed by atoms with Gasteiger partial charge >= 0.3 is 0 Å². The Morgan fingerprint density at radius 2 is 2.14 bits per heavy atom. The molecule has 1 aromatic carbocycles. The number of fused-ring (bicyclic) bond motifs is 1. The number of rotatable bonds is 3. The summed E-state index contributed by atoms with van der Waals surface area (Å²) in [5.41, 5.74) is 7.74. The van der Waals surface area contributed by atoms with Gasteiger partial charge in [0.1, 0.15) is 0 Å². The molecule has 1 aliphatic heterocycles. The molecule has 1 aromatic heterocycles. The van der Waals surface area contributed by atoms with Crippen LogP contribution < -0.4 is 5.73 Å². The first-order chi connectivity index (χ1) is 10.1. The molecule has 2 heterocycles. The van der Waals surface area contributed by atoms with Crippen molar-refractivity contribution in [3.8, 4) is 0 Å². The zero-order valence-corrected chi connectivity index (χ0v) is 12.9. The maximum absolute atomic E-state index is 6.53. The van der Waals surface area contributed by atoms with Gasteiger partial charge in [0.2, 0.25) is 0 Å². The number of pyridine rings is 1. The summed E-state index contributed by atoms with van der Waals surface area (Å²) in [6, 6.07) is 8.97. The molecule has 21 heavy (non-hydrogen) atoms. The number of nitrogens with two attached hydrogens (primary N) is 1. The van der Waals surface area contributed by atoms with Crippen LogP contribution in [0.3, 0.4) is 0 Å². The van der Waals surface area contributed by atoms with Crippen LogP contribution in [0.25, 0.3) is 10.8 Å². The molecular formula is C17H24N4. The summed E-state index contributed by atoms with van der Waals surface area (Å²) >= 11 is 0. The van der Waals surface area contributed by atoms with Crippen molar-refractivity contribution in [1.29, 1.82) is 0 Å². The fourth-order valence-corrected chi connectivity index (χ4v) is 3.24. The molecule has 0 saturated carbocycles. The molecule has 4 heteroatoms. The van der Waals surface area contributed by atoms with Crippen LogP contribution in [-0.2, 0) is 0 Å². The Bertz CT molecular complexity index is 607.